The first kappa shape index (κ1) is 25.2. The third kappa shape index (κ3) is 5.45. The van der Waals surface area contributed by atoms with Crippen LogP contribution in [0.5, 0.6) is 0 Å². The molecule has 194 valence electrons. The Kier molecular flexibility index (Phi) is 6.73. The number of fused-ring (bicyclic) bond motifs is 1. The number of rotatable bonds is 9. The summed E-state index contributed by atoms with van der Waals surface area (Å²) in [4.78, 5) is 34.0. The number of aryl methyl sites for hydroxylation is 1. The van der Waals surface area contributed by atoms with E-state index in [1.165, 1.54) is 6.26 Å². The van der Waals surface area contributed by atoms with Crippen LogP contribution in [0.1, 0.15) is 26.5 Å². The minimum absolute atomic E-state index is 0.131. The summed E-state index contributed by atoms with van der Waals surface area (Å²) in [6.07, 6.45) is 6.24. The molecule has 0 saturated heterocycles. The highest BCUT2D eigenvalue weighted by Crippen LogP contribution is 2.27. The summed E-state index contributed by atoms with van der Waals surface area (Å²) in [6.45, 7) is 2.46. The molecule has 14 heteroatoms. The summed E-state index contributed by atoms with van der Waals surface area (Å²) in [5.74, 6) is -0.367. The third-order valence-electron chi connectivity index (χ3n) is 5.56. The zero-order valence-corrected chi connectivity index (χ0v) is 21.9. The molecule has 4 aromatic heterocycles. The highest BCUT2D eigenvalue weighted by Gasteiger charge is 2.18. The van der Waals surface area contributed by atoms with Crippen LogP contribution in [0, 0.1) is 6.92 Å². The summed E-state index contributed by atoms with van der Waals surface area (Å²) in [5, 5.41) is 16.0. The molecule has 0 aliphatic rings. The van der Waals surface area contributed by atoms with Gasteiger partial charge in [-0.2, -0.15) is 9.97 Å². The summed E-state index contributed by atoms with van der Waals surface area (Å²) >= 11 is 0.994. The quantitative estimate of drug-likeness (QED) is 0.246. The third-order valence-corrected chi connectivity index (χ3v) is 7.75. The van der Waals surface area contributed by atoms with Gasteiger partial charge in [0.2, 0.25) is 5.95 Å². The Hall–Kier alpha value is -4.43. The molecule has 1 aromatic carbocycles. The second-order valence-electron chi connectivity index (χ2n) is 8.44. The van der Waals surface area contributed by atoms with Gasteiger partial charge < -0.3 is 15.0 Å². The molecule has 0 bridgehead atoms. The average molecular weight is 551 g/mol. The van der Waals surface area contributed by atoms with E-state index >= 15 is 0 Å². The minimum Gasteiger partial charge on any atom is -0.477 e. The van der Waals surface area contributed by atoms with Crippen molar-refractivity contribution in [2.24, 2.45) is 0 Å². The number of thiazole rings is 1. The van der Waals surface area contributed by atoms with Crippen molar-refractivity contribution in [1.82, 2.24) is 29.5 Å². The number of carbonyl (C=O) groups is 1. The monoisotopic (exact) mass is 550 g/mol. The molecule has 38 heavy (non-hydrogen) atoms. The van der Waals surface area contributed by atoms with Gasteiger partial charge in [-0.25, -0.2) is 23.2 Å². The number of anilines is 3. The SMILES string of the molecule is Cc1nc(Nc2nc(NCc3cccnc3)c3ncn(Cc4ccc(S(C)(=O)=O)cc4)c3n2)sc1C(=O)O. The maximum absolute atomic E-state index is 11.8. The van der Waals surface area contributed by atoms with Crippen LogP contribution in [0.3, 0.4) is 0 Å². The number of carboxylic acid groups (broad SMARTS) is 1. The van der Waals surface area contributed by atoms with Gasteiger partial charge in [0, 0.05) is 25.2 Å². The fourth-order valence-corrected chi connectivity index (χ4v) is 5.14. The Morgan fingerprint density at radius 3 is 2.55 bits per heavy atom. The molecule has 0 amide bonds. The molecule has 0 aliphatic carbocycles. The van der Waals surface area contributed by atoms with Crippen LogP contribution in [0.4, 0.5) is 16.9 Å². The summed E-state index contributed by atoms with van der Waals surface area (Å²) < 4.78 is 25.4. The largest absolute Gasteiger partial charge is 0.477 e. The fourth-order valence-electron chi connectivity index (χ4n) is 3.71. The molecule has 5 rings (SSSR count). The number of aromatic nitrogens is 6. The lowest BCUT2D eigenvalue weighted by Crippen LogP contribution is -2.07. The van der Waals surface area contributed by atoms with E-state index in [0.29, 0.717) is 40.9 Å². The lowest BCUT2D eigenvalue weighted by Gasteiger charge is -2.10. The zero-order valence-electron chi connectivity index (χ0n) is 20.3. The van der Waals surface area contributed by atoms with Crippen LogP contribution in [0.15, 0.2) is 60.0 Å². The van der Waals surface area contributed by atoms with E-state index in [2.05, 4.69) is 35.6 Å². The smallest absolute Gasteiger partial charge is 0.347 e. The van der Waals surface area contributed by atoms with Crippen molar-refractivity contribution in [2.45, 2.75) is 24.9 Å². The molecule has 0 aliphatic heterocycles. The van der Waals surface area contributed by atoms with Crippen LogP contribution in [0.25, 0.3) is 11.2 Å². The summed E-state index contributed by atoms with van der Waals surface area (Å²) in [7, 11) is -3.30. The van der Waals surface area contributed by atoms with Gasteiger partial charge in [0.15, 0.2) is 32.0 Å². The number of sulfone groups is 1. The Labute approximate surface area is 221 Å². The van der Waals surface area contributed by atoms with Crippen molar-refractivity contribution in [3.63, 3.8) is 0 Å². The molecule has 0 atom stereocenters. The van der Waals surface area contributed by atoms with E-state index in [9.17, 15) is 18.3 Å². The number of nitrogens with zero attached hydrogens (tertiary/aromatic N) is 6. The van der Waals surface area contributed by atoms with Gasteiger partial charge in [0.1, 0.15) is 4.88 Å². The summed E-state index contributed by atoms with van der Waals surface area (Å²) in [5.41, 5.74) is 3.25. The van der Waals surface area contributed by atoms with E-state index in [4.69, 9.17) is 0 Å². The molecule has 4 heterocycles. The summed E-state index contributed by atoms with van der Waals surface area (Å²) in [6, 6.07) is 10.4. The van der Waals surface area contributed by atoms with Crippen molar-refractivity contribution in [3.05, 3.63) is 76.8 Å². The maximum atomic E-state index is 11.8. The number of pyridine rings is 1. The fraction of sp³-hybridized carbons (Fsp3) is 0.167. The normalized spacial score (nSPS) is 11.5. The number of nitrogens with one attached hydrogen (secondary N) is 2. The van der Waals surface area contributed by atoms with Crippen LogP contribution in [-0.4, -0.2) is 55.2 Å². The Morgan fingerprint density at radius 1 is 1.11 bits per heavy atom. The number of benzene rings is 1. The Morgan fingerprint density at radius 2 is 1.89 bits per heavy atom. The van der Waals surface area contributed by atoms with Gasteiger partial charge in [0.25, 0.3) is 0 Å². The first-order chi connectivity index (χ1) is 18.2. The van der Waals surface area contributed by atoms with Gasteiger partial charge >= 0.3 is 5.97 Å². The van der Waals surface area contributed by atoms with Crippen molar-refractivity contribution in [2.75, 3.05) is 16.9 Å². The molecule has 0 spiro atoms. The Bertz CT molecular complexity index is 1730. The minimum atomic E-state index is -3.30. The van der Waals surface area contributed by atoms with Gasteiger partial charge in [-0.1, -0.05) is 29.5 Å². The topological polar surface area (TPSA) is 165 Å². The second kappa shape index (κ2) is 10.1. The van der Waals surface area contributed by atoms with Gasteiger partial charge in [0.05, 0.1) is 23.5 Å². The molecular weight excluding hydrogens is 528 g/mol. The lowest BCUT2D eigenvalue weighted by molar-refractivity contribution is 0.0701. The maximum Gasteiger partial charge on any atom is 0.347 e. The van der Waals surface area contributed by atoms with Gasteiger partial charge in [-0.05, 0) is 36.2 Å². The van der Waals surface area contributed by atoms with E-state index in [1.807, 2.05) is 16.7 Å². The standard InChI is InChI=1S/C24H22N8O4S2/c1-14-19(22(33)34)37-24(28-14)31-23-29-20(26-11-16-4-3-9-25-10-16)18-21(30-23)32(13-27-18)12-15-5-7-17(8-6-15)38(2,35)36/h3-10,13H,11-12H2,1-2H3,(H,33,34)(H2,26,28,29,30,31). The molecule has 0 radical (unpaired) electrons. The van der Waals surface area contributed by atoms with Crippen LogP contribution >= 0.6 is 11.3 Å². The predicted molar refractivity (Wildman–Crippen MR) is 143 cm³/mol. The number of hydrogen-bond donors (Lipinski definition) is 3. The highest BCUT2D eigenvalue weighted by atomic mass is 32.2. The second-order valence-corrected chi connectivity index (χ2v) is 11.4. The number of aromatic carboxylic acids is 1. The van der Waals surface area contributed by atoms with Gasteiger partial charge in [-0.3, -0.25) is 10.3 Å². The van der Waals surface area contributed by atoms with E-state index < -0.39 is 15.8 Å². The molecule has 5 aromatic rings. The van der Waals surface area contributed by atoms with E-state index in [0.717, 1.165) is 22.5 Å². The average Bonchev–Trinajstić information content (AvgIpc) is 3.46. The van der Waals surface area contributed by atoms with Crippen molar-refractivity contribution in [1.29, 1.82) is 0 Å². The molecule has 0 fully saturated rings. The molecular formula is C24H22N8O4S2. The van der Waals surface area contributed by atoms with Crippen molar-refractivity contribution in [3.8, 4) is 0 Å². The van der Waals surface area contributed by atoms with Crippen molar-refractivity contribution < 1.29 is 18.3 Å². The molecule has 12 nitrogen and oxygen atoms in total. The Balaban J connectivity index is 1.50. The molecule has 0 unspecified atom stereocenters. The van der Waals surface area contributed by atoms with E-state index in [-0.39, 0.29) is 15.7 Å². The molecule has 0 saturated carbocycles. The number of imidazole rings is 1. The zero-order chi connectivity index (χ0) is 26.9. The van der Waals surface area contributed by atoms with E-state index in [1.54, 1.807) is 49.9 Å². The van der Waals surface area contributed by atoms with Crippen LogP contribution < -0.4 is 10.6 Å². The number of hydrogen-bond acceptors (Lipinski definition) is 11. The van der Waals surface area contributed by atoms with Crippen LogP contribution in [-0.2, 0) is 22.9 Å². The van der Waals surface area contributed by atoms with Gasteiger partial charge in [-0.15, -0.1) is 0 Å². The highest BCUT2D eigenvalue weighted by molar-refractivity contribution is 7.90. The van der Waals surface area contributed by atoms with Crippen LogP contribution in [0.2, 0.25) is 0 Å². The lowest BCUT2D eigenvalue weighted by atomic mass is 10.2. The van der Waals surface area contributed by atoms with Crippen molar-refractivity contribution >= 4 is 55.2 Å². The first-order valence-electron chi connectivity index (χ1n) is 11.3. The number of carboxylic acids is 1. The molecule has 3 N–H and O–H groups in total. The first-order valence-corrected chi connectivity index (χ1v) is 14.0. The predicted octanol–water partition coefficient (Wildman–Crippen LogP) is 3.49.